The summed E-state index contributed by atoms with van der Waals surface area (Å²) in [6, 6.07) is 18.5. The van der Waals surface area contributed by atoms with Crippen molar-refractivity contribution in [3.05, 3.63) is 78.4 Å². The predicted octanol–water partition coefficient (Wildman–Crippen LogP) is 2.90. The minimum atomic E-state index is -3.90. The Labute approximate surface area is 238 Å². The van der Waals surface area contributed by atoms with Crippen molar-refractivity contribution in [1.29, 1.82) is 0 Å². The van der Waals surface area contributed by atoms with Crippen molar-refractivity contribution in [3.63, 3.8) is 0 Å². The first kappa shape index (κ1) is 29.6. The van der Waals surface area contributed by atoms with Crippen molar-refractivity contribution >= 4 is 27.8 Å². The molecule has 41 heavy (non-hydrogen) atoms. The highest BCUT2D eigenvalue weighted by Gasteiger charge is 2.42. The maximum absolute atomic E-state index is 13.2. The monoisotopic (exact) mass is 581 g/mol. The summed E-state index contributed by atoms with van der Waals surface area (Å²) in [5.74, 6) is -1.18. The topological polar surface area (TPSA) is 155 Å². The Morgan fingerprint density at radius 2 is 1.61 bits per heavy atom. The van der Waals surface area contributed by atoms with E-state index in [4.69, 9.17) is 9.47 Å². The van der Waals surface area contributed by atoms with Gasteiger partial charge in [0.15, 0.2) is 0 Å². The van der Waals surface area contributed by atoms with Gasteiger partial charge in [0, 0.05) is 13.0 Å². The van der Waals surface area contributed by atoms with Crippen LogP contribution in [0.3, 0.4) is 0 Å². The van der Waals surface area contributed by atoms with E-state index in [1.807, 2.05) is 30.3 Å². The van der Waals surface area contributed by atoms with Gasteiger partial charge in [-0.2, -0.15) is 4.31 Å². The average molecular weight is 582 g/mol. The standard InChI is InChI=1S/C29H31N3O8S/c1-39-24-9-6-10-25(40-2)27(24)20-13-11-19(12-14-20)17-22(29(35)36)31-28(30-18-26(33)34)23-15-16-32(23)41(37,38)21-7-4-3-5-8-21/h3-14,22-23H,15-18H2,1-2H3,(H,30,31)(H,33,34)(H,35,36)/t22-,23-/m0/s1. The fourth-order valence-electron chi connectivity index (χ4n) is 4.61. The molecule has 0 aliphatic carbocycles. The number of nitrogens with zero attached hydrogens (tertiary/aromatic N) is 2. The average Bonchev–Trinajstić information content (AvgIpc) is 2.94. The lowest BCUT2D eigenvalue weighted by Gasteiger charge is -2.40. The summed E-state index contributed by atoms with van der Waals surface area (Å²) in [4.78, 5) is 27.7. The lowest BCUT2D eigenvalue weighted by molar-refractivity contribution is -0.139. The van der Waals surface area contributed by atoms with Gasteiger partial charge in [-0.25, -0.2) is 13.2 Å². The maximum atomic E-state index is 13.2. The van der Waals surface area contributed by atoms with Gasteiger partial charge in [0.2, 0.25) is 10.0 Å². The largest absolute Gasteiger partial charge is 0.496 e. The van der Waals surface area contributed by atoms with E-state index < -0.39 is 40.6 Å². The second-order valence-corrected chi connectivity index (χ2v) is 11.2. The fourth-order valence-corrected chi connectivity index (χ4v) is 6.27. The molecular weight excluding hydrogens is 550 g/mol. The van der Waals surface area contributed by atoms with Crippen LogP contribution >= 0.6 is 0 Å². The van der Waals surface area contributed by atoms with E-state index in [2.05, 4.69) is 10.3 Å². The van der Waals surface area contributed by atoms with Crippen molar-refractivity contribution in [2.75, 3.05) is 27.3 Å². The first-order chi connectivity index (χ1) is 19.6. The Balaban J connectivity index is 1.57. The van der Waals surface area contributed by atoms with E-state index in [-0.39, 0.29) is 23.7 Å². The van der Waals surface area contributed by atoms with Crippen LogP contribution in [-0.2, 0) is 26.0 Å². The first-order valence-electron chi connectivity index (χ1n) is 12.8. The van der Waals surface area contributed by atoms with E-state index in [9.17, 15) is 28.2 Å². The number of benzene rings is 3. The van der Waals surface area contributed by atoms with Crippen molar-refractivity contribution < 1.29 is 37.7 Å². The summed E-state index contributed by atoms with van der Waals surface area (Å²) in [5, 5.41) is 22.1. The maximum Gasteiger partial charge on any atom is 0.326 e. The van der Waals surface area contributed by atoms with Gasteiger partial charge in [0.25, 0.3) is 0 Å². The van der Waals surface area contributed by atoms with Crippen LogP contribution in [-0.4, -0.2) is 80.1 Å². The molecule has 3 aromatic carbocycles. The Morgan fingerprint density at radius 1 is 0.976 bits per heavy atom. The van der Waals surface area contributed by atoms with Gasteiger partial charge in [-0.05, 0) is 41.8 Å². The van der Waals surface area contributed by atoms with E-state index in [0.29, 0.717) is 23.5 Å². The molecule has 3 N–H and O–H groups in total. The normalized spacial score (nSPS) is 16.3. The zero-order chi connectivity index (χ0) is 29.6. The van der Waals surface area contributed by atoms with Crippen LogP contribution in [0.15, 0.2) is 82.7 Å². The molecular formula is C29H31N3O8S. The molecule has 1 saturated heterocycles. The van der Waals surface area contributed by atoms with Gasteiger partial charge in [0.05, 0.1) is 30.7 Å². The second kappa shape index (κ2) is 12.8. The molecule has 12 heteroatoms. The molecule has 0 saturated carbocycles. The number of hydrogen-bond donors (Lipinski definition) is 3. The number of aliphatic imine (C=N–C) groups is 1. The summed E-state index contributed by atoms with van der Waals surface area (Å²) in [6.07, 6.45) is 0.391. The number of nitrogens with one attached hydrogen (secondary N) is 1. The third-order valence-electron chi connectivity index (χ3n) is 6.75. The Morgan fingerprint density at radius 3 is 2.12 bits per heavy atom. The summed E-state index contributed by atoms with van der Waals surface area (Å²) in [7, 11) is -0.769. The van der Waals surface area contributed by atoms with Crippen LogP contribution in [0.25, 0.3) is 11.1 Å². The SMILES string of the molecule is COc1cccc(OC)c1-c1ccc(C[C@H](NC(=NCC(=O)O)[C@@H]2CCN2S(=O)(=O)c2ccccc2)C(=O)O)cc1. The highest BCUT2D eigenvalue weighted by molar-refractivity contribution is 7.89. The molecule has 1 heterocycles. The van der Waals surface area contributed by atoms with Gasteiger partial charge < -0.3 is 25.0 Å². The molecule has 1 aliphatic heterocycles. The minimum absolute atomic E-state index is 0.000865. The third kappa shape index (κ3) is 6.67. The molecule has 0 radical (unpaired) electrons. The van der Waals surface area contributed by atoms with E-state index in [1.165, 1.54) is 16.4 Å². The minimum Gasteiger partial charge on any atom is -0.496 e. The third-order valence-corrected chi connectivity index (χ3v) is 8.67. The Kier molecular flexibility index (Phi) is 9.25. The second-order valence-electron chi connectivity index (χ2n) is 9.30. The number of carboxylic acid groups (broad SMARTS) is 2. The lowest BCUT2D eigenvalue weighted by atomic mass is 9.98. The molecule has 4 rings (SSSR count). The summed E-state index contributed by atoms with van der Waals surface area (Å²) >= 11 is 0. The Bertz CT molecular complexity index is 1500. The number of carbonyl (C=O) groups is 2. The highest BCUT2D eigenvalue weighted by atomic mass is 32.2. The molecule has 0 bridgehead atoms. The number of aliphatic carboxylic acids is 2. The molecule has 0 spiro atoms. The van der Waals surface area contributed by atoms with Crippen molar-refractivity contribution in [3.8, 4) is 22.6 Å². The fraction of sp³-hybridized carbons (Fsp3) is 0.276. The summed E-state index contributed by atoms with van der Waals surface area (Å²) < 4.78 is 38.6. The quantitative estimate of drug-likeness (QED) is 0.216. The number of hydrogen-bond acceptors (Lipinski definition) is 7. The molecule has 1 fully saturated rings. The van der Waals surface area contributed by atoms with Gasteiger partial charge in [-0.15, -0.1) is 0 Å². The Hall–Kier alpha value is -4.42. The van der Waals surface area contributed by atoms with E-state index in [1.54, 1.807) is 44.6 Å². The number of sulfonamides is 1. The van der Waals surface area contributed by atoms with Gasteiger partial charge in [0.1, 0.15) is 29.9 Å². The number of amidine groups is 1. The smallest absolute Gasteiger partial charge is 0.326 e. The molecule has 0 amide bonds. The number of ether oxygens (including phenoxy) is 2. The molecule has 3 aromatic rings. The first-order valence-corrected chi connectivity index (χ1v) is 14.2. The zero-order valence-corrected chi connectivity index (χ0v) is 23.4. The highest BCUT2D eigenvalue weighted by Crippen LogP contribution is 2.38. The van der Waals surface area contributed by atoms with Crippen LogP contribution in [0.1, 0.15) is 12.0 Å². The van der Waals surface area contributed by atoms with Gasteiger partial charge in [-0.1, -0.05) is 48.5 Å². The van der Waals surface area contributed by atoms with Crippen molar-refractivity contribution in [2.45, 2.75) is 29.8 Å². The van der Waals surface area contributed by atoms with Gasteiger partial charge in [-0.3, -0.25) is 9.79 Å². The predicted molar refractivity (Wildman–Crippen MR) is 152 cm³/mol. The van der Waals surface area contributed by atoms with E-state index >= 15 is 0 Å². The molecule has 2 atom stereocenters. The molecule has 0 unspecified atom stereocenters. The lowest BCUT2D eigenvalue weighted by Crippen LogP contribution is -2.60. The van der Waals surface area contributed by atoms with Crippen molar-refractivity contribution in [2.24, 2.45) is 4.99 Å². The summed E-state index contributed by atoms with van der Waals surface area (Å²) in [5.41, 5.74) is 2.25. The molecule has 1 aliphatic rings. The van der Waals surface area contributed by atoms with Crippen LogP contribution in [0.2, 0.25) is 0 Å². The van der Waals surface area contributed by atoms with Crippen LogP contribution in [0.5, 0.6) is 11.5 Å². The number of methoxy groups -OCH3 is 2. The van der Waals surface area contributed by atoms with Crippen molar-refractivity contribution in [1.82, 2.24) is 9.62 Å². The molecule has 216 valence electrons. The summed E-state index contributed by atoms with van der Waals surface area (Å²) in [6.45, 7) is -0.443. The molecule has 11 nitrogen and oxygen atoms in total. The van der Waals surface area contributed by atoms with Crippen LogP contribution in [0.4, 0.5) is 0 Å². The number of rotatable bonds is 12. The van der Waals surface area contributed by atoms with Crippen LogP contribution in [0, 0.1) is 0 Å². The zero-order valence-electron chi connectivity index (χ0n) is 22.6. The van der Waals surface area contributed by atoms with Crippen LogP contribution < -0.4 is 14.8 Å². The van der Waals surface area contributed by atoms with Gasteiger partial charge >= 0.3 is 11.9 Å². The number of carboxylic acids is 2. The van der Waals surface area contributed by atoms with E-state index in [0.717, 1.165) is 11.1 Å². The molecule has 0 aromatic heterocycles.